The van der Waals surface area contributed by atoms with Crippen molar-refractivity contribution in [3.63, 3.8) is 0 Å². The number of para-hydroxylation sites is 1. The summed E-state index contributed by atoms with van der Waals surface area (Å²) in [6, 6.07) is 8.72. The lowest BCUT2D eigenvalue weighted by molar-refractivity contribution is 0.157. The minimum Gasteiger partial charge on any atom is -0.376 e. The van der Waals surface area contributed by atoms with Crippen LogP contribution in [0.4, 0.5) is 5.69 Å². The van der Waals surface area contributed by atoms with Gasteiger partial charge in [-0.2, -0.15) is 0 Å². The van der Waals surface area contributed by atoms with E-state index in [0.717, 1.165) is 5.92 Å². The molecule has 0 unspecified atom stereocenters. The molecular weight excluding hydrogens is 242 g/mol. The van der Waals surface area contributed by atoms with E-state index >= 15 is 0 Å². The molecule has 0 aromatic heterocycles. The molecule has 1 fully saturated rings. The van der Waals surface area contributed by atoms with Gasteiger partial charge < -0.3 is 5.32 Å². The predicted molar refractivity (Wildman–Crippen MR) is 87.9 cm³/mol. The van der Waals surface area contributed by atoms with Crippen molar-refractivity contribution in [3.05, 3.63) is 35.9 Å². The van der Waals surface area contributed by atoms with Crippen molar-refractivity contribution in [1.82, 2.24) is 0 Å². The van der Waals surface area contributed by atoms with Crippen molar-refractivity contribution >= 4 is 11.3 Å². The lowest BCUT2D eigenvalue weighted by atomic mass is 9.66. The maximum atomic E-state index is 3.84. The average Bonchev–Trinajstić information content (AvgIpc) is 2.38. The first kappa shape index (κ1) is 13.7. The standard InChI is InChI=1S/C19H27N/c1-14-13-19(20-17-8-6-5-7-16(14)17)11-9-15(10-12-19)18(2,3)4/h5-8,13,15,20H,9-12H2,1-4H3. The van der Waals surface area contributed by atoms with Crippen molar-refractivity contribution < 1.29 is 0 Å². The molecule has 1 heterocycles. The second-order valence-corrected chi connectivity index (χ2v) is 7.79. The first-order valence-electron chi connectivity index (χ1n) is 7.97. The summed E-state index contributed by atoms with van der Waals surface area (Å²) in [4.78, 5) is 0. The van der Waals surface area contributed by atoms with Gasteiger partial charge in [-0.25, -0.2) is 0 Å². The Balaban J connectivity index is 1.82. The number of rotatable bonds is 0. The number of nitrogens with one attached hydrogen (secondary N) is 1. The van der Waals surface area contributed by atoms with Crippen molar-refractivity contribution in [3.8, 4) is 0 Å². The van der Waals surface area contributed by atoms with E-state index < -0.39 is 0 Å². The van der Waals surface area contributed by atoms with Gasteiger partial charge in [0.05, 0.1) is 5.54 Å². The van der Waals surface area contributed by atoms with Crippen LogP contribution in [0, 0.1) is 11.3 Å². The molecule has 1 saturated carbocycles. The molecule has 1 nitrogen and oxygen atoms in total. The maximum absolute atomic E-state index is 3.84. The molecule has 1 aromatic carbocycles. The van der Waals surface area contributed by atoms with Gasteiger partial charge in [-0.1, -0.05) is 45.0 Å². The van der Waals surface area contributed by atoms with Crippen LogP contribution >= 0.6 is 0 Å². The molecular formula is C19H27N. The first-order valence-corrected chi connectivity index (χ1v) is 7.97. The summed E-state index contributed by atoms with van der Waals surface area (Å²) in [5.74, 6) is 0.862. The summed E-state index contributed by atoms with van der Waals surface area (Å²) in [5, 5.41) is 3.84. The normalized spacial score (nSPS) is 29.6. The van der Waals surface area contributed by atoms with Gasteiger partial charge in [0.15, 0.2) is 0 Å². The minimum absolute atomic E-state index is 0.209. The number of allylic oxidation sites excluding steroid dienone is 1. The third-order valence-corrected chi connectivity index (χ3v) is 5.33. The highest BCUT2D eigenvalue weighted by Crippen LogP contribution is 2.46. The van der Waals surface area contributed by atoms with E-state index in [1.807, 2.05) is 0 Å². The Bertz CT molecular complexity index is 525. The van der Waals surface area contributed by atoms with Gasteiger partial charge in [0, 0.05) is 11.3 Å². The molecule has 1 heteroatoms. The SMILES string of the molecule is CC1=CC2(CCC(C(C)(C)C)CC2)Nc2ccccc21. The third-order valence-electron chi connectivity index (χ3n) is 5.33. The molecule has 1 aromatic rings. The highest BCUT2D eigenvalue weighted by molar-refractivity contribution is 5.80. The van der Waals surface area contributed by atoms with Crippen LogP contribution in [0.25, 0.3) is 5.57 Å². The Morgan fingerprint density at radius 3 is 2.40 bits per heavy atom. The van der Waals surface area contributed by atoms with Gasteiger partial charge >= 0.3 is 0 Å². The summed E-state index contributed by atoms with van der Waals surface area (Å²) in [6.07, 6.45) is 7.69. The zero-order valence-electron chi connectivity index (χ0n) is 13.3. The molecule has 0 atom stereocenters. The number of anilines is 1. The van der Waals surface area contributed by atoms with E-state index in [-0.39, 0.29) is 5.54 Å². The third kappa shape index (κ3) is 2.39. The van der Waals surface area contributed by atoms with Crippen LogP contribution in [0.3, 0.4) is 0 Å². The number of fused-ring (bicyclic) bond motifs is 1. The summed E-state index contributed by atoms with van der Waals surface area (Å²) < 4.78 is 0. The van der Waals surface area contributed by atoms with Crippen LogP contribution in [0.2, 0.25) is 0 Å². The summed E-state index contributed by atoms with van der Waals surface area (Å²) >= 11 is 0. The average molecular weight is 269 g/mol. The van der Waals surface area contributed by atoms with Gasteiger partial charge in [-0.15, -0.1) is 0 Å². The first-order chi connectivity index (χ1) is 9.40. The quantitative estimate of drug-likeness (QED) is 0.656. The fourth-order valence-electron chi connectivity index (χ4n) is 4.00. The Labute approximate surface area is 123 Å². The van der Waals surface area contributed by atoms with Crippen LogP contribution in [0.5, 0.6) is 0 Å². The largest absolute Gasteiger partial charge is 0.376 e. The molecule has 20 heavy (non-hydrogen) atoms. The van der Waals surface area contributed by atoms with Crippen molar-refractivity contribution in [2.75, 3.05) is 5.32 Å². The van der Waals surface area contributed by atoms with Crippen molar-refractivity contribution in [1.29, 1.82) is 0 Å². The van der Waals surface area contributed by atoms with E-state index in [1.54, 1.807) is 0 Å². The van der Waals surface area contributed by atoms with Gasteiger partial charge in [-0.3, -0.25) is 0 Å². The van der Waals surface area contributed by atoms with E-state index in [9.17, 15) is 0 Å². The maximum Gasteiger partial charge on any atom is 0.0562 e. The molecule has 1 aliphatic heterocycles. The van der Waals surface area contributed by atoms with E-state index in [0.29, 0.717) is 5.41 Å². The van der Waals surface area contributed by atoms with Crippen LogP contribution in [0.15, 0.2) is 30.3 Å². The molecule has 0 saturated heterocycles. The zero-order valence-corrected chi connectivity index (χ0v) is 13.3. The number of hydrogen-bond donors (Lipinski definition) is 1. The van der Waals surface area contributed by atoms with E-state index in [4.69, 9.17) is 0 Å². The molecule has 3 rings (SSSR count). The van der Waals surface area contributed by atoms with Crippen LogP contribution in [-0.2, 0) is 0 Å². The predicted octanol–water partition coefficient (Wildman–Crippen LogP) is 5.49. The van der Waals surface area contributed by atoms with Gasteiger partial charge in [0.25, 0.3) is 0 Å². The highest BCUT2D eigenvalue weighted by Gasteiger charge is 2.39. The topological polar surface area (TPSA) is 12.0 Å². The van der Waals surface area contributed by atoms with Gasteiger partial charge in [-0.05, 0) is 55.6 Å². The van der Waals surface area contributed by atoms with Gasteiger partial charge in [0.2, 0.25) is 0 Å². The minimum atomic E-state index is 0.209. The molecule has 0 radical (unpaired) electrons. The smallest absolute Gasteiger partial charge is 0.0562 e. The van der Waals surface area contributed by atoms with Crippen LogP contribution < -0.4 is 5.32 Å². The van der Waals surface area contributed by atoms with E-state index in [2.05, 4.69) is 63.4 Å². The van der Waals surface area contributed by atoms with Gasteiger partial charge in [0.1, 0.15) is 0 Å². The molecule has 1 spiro atoms. The Morgan fingerprint density at radius 1 is 1.10 bits per heavy atom. The summed E-state index contributed by atoms with van der Waals surface area (Å²) in [5.41, 5.74) is 4.79. The molecule has 1 aliphatic carbocycles. The fourth-order valence-corrected chi connectivity index (χ4v) is 4.00. The zero-order chi connectivity index (χ0) is 14.4. The van der Waals surface area contributed by atoms with Crippen molar-refractivity contribution in [2.45, 2.75) is 58.9 Å². The number of hydrogen-bond acceptors (Lipinski definition) is 1. The second-order valence-electron chi connectivity index (χ2n) is 7.79. The summed E-state index contributed by atoms with van der Waals surface area (Å²) in [6.45, 7) is 9.43. The Morgan fingerprint density at radius 2 is 1.75 bits per heavy atom. The monoisotopic (exact) mass is 269 g/mol. The lowest BCUT2D eigenvalue weighted by Crippen LogP contribution is -2.43. The molecule has 108 valence electrons. The molecule has 0 amide bonds. The van der Waals surface area contributed by atoms with Crippen molar-refractivity contribution in [2.24, 2.45) is 11.3 Å². The van der Waals surface area contributed by atoms with Crippen LogP contribution in [0.1, 0.15) is 58.9 Å². The molecule has 1 N–H and O–H groups in total. The van der Waals surface area contributed by atoms with Crippen LogP contribution in [-0.4, -0.2) is 5.54 Å². The number of benzene rings is 1. The lowest BCUT2D eigenvalue weighted by Gasteiger charge is -2.45. The van der Waals surface area contributed by atoms with E-state index in [1.165, 1.54) is 42.5 Å². The fraction of sp³-hybridized carbons (Fsp3) is 0.579. The Kier molecular flexibility index (Phi) is 3.19. The summed E-state index contributed by atoms with van der Waals surface area (Å²) in [7, 11) is 0. The highest BCUT2D eigenvalue weighted by atomic mass is 15.0. The second kappa shape index (κ2) is 4.65. The molecule has 0 bridgehead atoms. The molecule has 2 aliphatic rings. The Hall–Kier alpha value is -1.24.